The number of carboxylic acids is 1. The van der Waals surface area contributed by atoms with E-state index in [9.17, 15) is 9.90 Å². The molecule has 1 aromatic rings. The van der Waals surface area contributed by atoms with E-state index in [1.54, 1.807) is 0 Å². The Bertz CT molecular complexity index is 544. The van der Waals surface area contributed by atoms with Gasteiger partial charge in [-0.15, -0.1) is 0 Å². The Kier molecular flexibility index (Phi) is 2.57. The second kappa shape index (κ2) is 4.12. The summed E-state index contributed by atoms with van der Waals surface area (Å²) >= 11 is 0. The van der Waals surface area contributed by atoms with Gasteiger partial charge in [0.2, 0.25) is 0 Å². The Balaban J connectivity index is 1.80. The fraction of sp³-hybridized carbons (Fsp3) is 0.706. The van der Waals surface area contributed by atoms with Crippen LogP contribution in [0.2, 0.25) is 0 Å². The minimum Gasteiger partial charge on any atom is -0.478 e. The van der Waals surface area contributed by atoms with Gasteiger partial charge in [-0.3, -0.25) is 0 Å². The molecule has 4 saturated carbocycles. The zero-order valence-corrected chi connectivity index (χ0v) is 12.3. The average Bonchev–Trinajstić information content (AvgIpc) is 2.66. The molecule has 108 valence electrons. The largest absolute Gasteiger partial charge is 0.478 e. The molecule has 1 N–H and O–H groups in total. The van der Waals surface area contributed by atoms with Crippen LogP contribution in [0.4, 0.5) is 0 Å². The van der Waals surface area contributed by atoms with Crippen LogP contribution in [0, 0.1) is 30.6 Å². The van der Waals surface area contributed by atoms with E-state index in [1.807, 2.05) is 20.0 Å². The molecule has 0 unspecified atom stereocenters. The van der Waals surface area contributed by atoms with E-state index in [0.29, 0.717) is 11.5 Å². The van der Waals surface area contributed by atoms with Crippen molar-refractivity contribution in [1.82, 2.24) is 4.57 Å². The van der Waals surface area contributed by atoms with Gasteiger partial charge in [-0.25, -0.2) is 4.79 Å². The Morgan fingerprint density at radius 1 is 1.15 bits per heavy atom. The SMILES string of the molecule is Cc1cc(C(=O)O)c(C2C3CC4CC(C3)CC2C4)n1C. The van der Waals surface area contributed by atoms with E-state index in [0.717, 1.165) is 35.1 Å². The van der Waals surface area contributed by atoms with Gasteiger partial charge >= 0.3 is 5.97 Å². The van der Waals surface area contributed by atoms with Crippen LogP contribution >= 0.6 is 0 Å². The van der Waals surface area contributed by atoms with Crippen molar-refractivity contribution in [2.75, 3.05) is 0 Å². The van der Waals surface area contributed by atoms with Crippen molar-refractivity contribution in [3.8, 4) is 0 Å². The standard InChI is InChI=1S/C17H23NO2/c1-9-3-14(17(19)20)16(18(9)2)15-12-5-10-4-11(7-12)8-13(15)6-10/h3,10-13,15H,4-8H2,1-2H3,(H,19,20). The first-order chi connectivity index (χ1) is 9.54. The van der Waals surface area contributed by atoms with Crippen molar-refractivity contribution in [3.05, 3.63) is 23.0 Å². The van der Waals surface area contributed by atoms with E-state index in [-0.39, 0.29) is 0 Å². The number of nitrogens with zero attached hydrogens (tertiary/aromatic N) is 1. The molecule has 3 heteroatoms. The number of hydrogen-bond acceptors (Lipinski definition) is 1. The van der Waals surface area contributed by atoms with Crippen molar-refractivity contribution in [3.63, 3.8) is 0 Å². The highest BCUT2D eigenvalue weighted by atomic mass is 16.4. The maximum atomic E-state index is 11.6. The smallest absolute Gasteiger partial charge is 0.337 e. The summed E-state index contributed by atoms with van der Waals surface area (Å²) in [6.45, 7) is 2.02. The molecule has 0 amide bonds. The molecule has 0 aliphatic heterocycles. The van der Waals surface area contributed by atoms with Gasteiger partial charge in [0.15, 0.2) is 0 Å². The van der Waals surface area contributed by atoms with Crippen LogP contribution in [0.1, 0.15) is 59.8 Å². The zero-order chi connectivity index (χ0) is 14.0. The van der Waals surface area contributed by atoms with Gasteiger partial charge in [-0.2, -0.15) is 0 Å². The van der Waals surface area contributed by atoms with E-state index in [4.69, 9.17) is 0 Å². The monoisotopic (exact) mass is 273 g/mol. The third-order valence-corrected chi connectivity index (χ3v) is 6.29. The van der Waals surface area contributed by atoms with Crippen LogP contribution in [0.3, 0.4) is 0 Å². The molecule has 4 aliphatic carbocycles. The second-order valence-electron chi connectivity index (χ2n) is 7.41. The van der Waals surface area contributed by atoms with Gasteiger partial charge in [-0.1, -0.05) is 0 Å². The summed E-state index contributed by atoms with van der Waals surface area (Å²) in [6, 6.07) is 1.86. The topological polar surface area (TPSA) is 42.2 Å². The van der Waals surface area contributed by atoms with Gasteiger partial charge in [0.05, 0.1) is 5.56 Å². The molecular formula is C17H23NO2. The summed E-state index contributed by atoms with van der Waals surface area (Å²) in [5.41, 5.74) is 2.75. The molecule has 4 fully saturated rings. The predicted octanol–water partition coefficient (Wildman–Crippen LogP) is 3.57. The highest BCUT2D eigenvalue weighted by molar-refractivity contribution is 5.89. The number of aromatic nitrogens is 1. The molecule has 0 radical (unpaired) electrons. The molecule has 5 rings (SSSR count). The van der Waals surface area contributed by atoms with Gasteiger partial charge in [-0.05, 0) is 68.8 Å². The quantitative estimate of drug-likeness (QED) is 0.895. The van der Waals surface area contributed by atoms with Crippen LogP contribution < -0.4 is 0 Å². The zero-order valence-electron chi connectivity index (χ0n) is 12.3. The van der Waals surface area contributed by atoms with Gasteiger partial charge < -0.3 is 9.67 Å². The van der Waals surface area contributed by atoms with E-state index in [2.05, 4.69) is 4.57 Å². The average molecular weight is 273 g/mol. The Morgan fingerprint density at radius 3 is 2.20 bits per heavy atom. The van der Waals surface area contributed by atoms with E-state index < -0.39 is 5.97 Å². The minimum atomic E-state index is -0.752. The normalized spacial score (nSPS) is 38.4. The Labute approximate surface area is 120 Å². The lowest BCUT2D eigenvalue weighted by atomic mass is 9.51. The van der Waals surface area contributed by atoms with Crippen molar-refractivity contribution < 1.29 is 9.90 Å². The third-order valence-electron chi connectivity index (χ3n) is 6.29. The van der Waals surface area contributed by atoms with Gasteiger partial charge in [0.25, 0.3) is 0 Å². The van der Waals surface area contributed by atoms with Gasteiger partial charge in [0.1, 0.15) is 0 Å². The molecule has 4 bridgehead atoms. The summed E-state index contributed by atoms with van der Waals surface area (Å²) in [5.74, 6) is 3.08. The van der Waals surface area contributed by atoms with Crippen molar-refractivity contribution in [2.24, 2.45) is 30.7 Å². The van der Waals surface area contributed by atoms with E-state index in [1.165, 1.54) is 32.1 Å². The van der Waals surface area contributed by atoms with Crippen LogP contribution in [0.5, 0.6) is 0 Å². The molecule has 0 saturated heterocycles. The second-order valence-corrected chi connectivity index (χ2v) is 7.41. The van der Waals surface area contributed by atoms with Crippen LogP contribution in [0.25, 0.3) is 0 Å². The number of carbonyl (C=O) groups is 1. The number of carboxylic acid groups (broad SMARTS) is 1. The number of rotatable bonds is 2. The first-order valence-corrected chi connectivity index (χ1v) is 7.94. The number of aromatic carboxylic acids is 1. The molecule has 0 aromatic carbocycles. The maximum Gasteiger partial charge on any atom is 0.337 e. The van der Waals surface area contributed by atoms with E-state index >= 15 is 0 Å². The predicted molar refractivity (Wildman–Crippen MR) is 76.9 cm³/mol. The molecule has 0 atom stereocenters. The number of hydrogen-bond donors (Lipinski definition) is 1. The highest BCUT2D eigenvalue weighted by Crippen LogP contribution is 2.60. The Morgan fingerprint density at radius 2 is 1.70 bits per heavy atom. The highest BCUT2D eigenvalue weighted by Gasteiger charge is 2.50. The molecule has 20 heavy (non-hydrogen) atoms. The van der Waals surface area contributed by atoms with Crippen molar-refractivity contribution in [2.45, 2.75) is 44.9 Å². The fourth-order valence-corrected chi connectivity index (χ4v) is 5.70. The lowest BCUT2D eigenvalue weighted by Crippen LogP contribution is -2.44. The third kappa shape index (κ3) is 1.61. The van der Waals surface area contributed by atoms with Crippen LogP contribution in [0.15, 0.2) is 6.07 Å². The molecule has 3 nitrogen and oxygen atoms in total. The lowest BCUT2D eigenvalue weighted by molar-refractivity contribution is -0.00544. The van der Waals surface area contributed by atoms with Crippen LogP contribution in [-0.2, 0) is 7.05 Å². The minimum absolute atomic E-state index is 0.493. The summed E-state index contributed by atoms with van der Waals surface area (Å²) in [7, 11) is 2.04. The molecule has 0 spiro atoms. The van der Waals surface area contributed by atoms with Crippen LogP contribution in [-0.4, -0.2) is 15.6 Å². The molecule has 4 aliphatic rings. The maximum absolute atomic E-state index is 11.6. The lowest BCUT2D eigenvalue weighted by Gasteiger charge is -2.54. The Hall–Kier alpha value is -1.25. The van der Waals surface area contributed by atoms with Crippen molar-refractivity contribution in [1.29, 1.82) is 0 Å². The van der Waals surface area contributed by atoms with Gasteiger partial charge in [0, 0.05) is 24.4 Å². The first kappa shape index (κ1) is 12.5. The number of aryl methyl sites for hydroxylation is 1. The molecular weight excluding hydrogens is 250 g/mol. The first-order valence-electron chi connectivity index (χ1n) is 7.94. The van der Waals surface area contributed by atoms with Crippen molar-refractivity contribution >= 4 is 5.97 Å². The summed E-state index contributed by atoms with van der Waals surface area (Å²) < 4.78 is 2.15. The summed E-state index contributed by atoms with van der Waals surface area (Å²) in [4.78, 5) is 11.6. The fourth-order valence-electron chi connectivity index (χ4n) is 5.70. The summed E-state index contributed by atoms with van der Waals surface area (Å²) in [5, 5.41) is 9.54. The summed E-state index contributed by atoms with van der Waals surface area (Å²) in [6.07, 6.45) is 6.78. The molecule has 1 aromatic heterocycles. The molecule has 1 heterocycles.